The molecule has 0 heterocycles. The number of carbonyl (C=O) groups excluding carboxylic acids is 1. The highest BCUT2D eigenvalue weighted by Gasteiger charge is 2.04. The summed E-state index contributed by atoms with van der Waals surface area (Å²) in [5.74, 6) is 0.920. The maximum atomic E-state index is 11.2. The van der Waals surface area contributed by atoms with Crippen LogP contribution in [0.25, 0.3) is 0 Å². The van der Waals surface area contributed by atoms with Crippen LogP contribution in [-0.4, -0.2) is 31.3 Å². The number of nitrogens with zero attached hydrogens (tertiary/aromatic N) is 1. The van der Waals surface area contributed by atoms with Crippen molar-refractivity contribution in [3.8, 4) is 0 Å². The summed E-state index contributed by atoms with van der Waals surface area (Å²) in [7, 11) is 4.07. The summed E-state index contributed by atoms with van der Waals surface area (Å²) in [5.41, 5.74) is 0. The van der Waals surface area contributed by atoms with E-state index in [0.717, 1.165) is 25.8 Å². The number of hydrogen-bond donors (Lipinski definition) is 0. The highest BCUT2D eigenvalue weighted by Crippen LogP contribution is 2.04. The summed E-state index contributed by atoms with van der Waals surface area (Å²) in [6.45, 7) is 5.19. The van der Waals surface area contributed by atoms with Gasteiger partial charge in [-0.2, -0.15) is 0 Å². The molecule has 12 heavy (non-hydrogen) atoms. The second-order valence-corrected chi connectivity index (χ2v) is 4.04. The third kappa shape index (κ3) is 7.73. The number of rotatable bonds is 6. The van der Waals surface area contributed by atoms with Gasteiger partial charge in [-0.05, 0) is 33.0 Å². The third-order valence-electron chi connectivity index (χ3n) is 1.70. The monoisotopic (exact) mass is 171 g/mol. The molecular weight excluding hydrogens is 150 g/mol. The number of carbonyl (C=O) groups is 1. The summed E-state index contributed by atoms with van der Waals surface area (Å²) in [6.07, 6.45) is 2.49. The largest absolute Gasteiger partial charge is 0.309 e. The average molecular weight is 171 g/mol. The molecule has 0 aromatic carbocycles. The minimum atomic E-state index is 0.409. The maximum Gasteiger partial charge on any atom is 0.133 e. The normalized spacial score (nSPS) is 11.2. The van der Waals surface area contributed by atoms with E-state index < -0.39 is 0 Å². The predicted octanol–water partition coefficient (Wildman–Crippen LogP) is 1.94. The lowest BCUT2D eigenvalue weighted by molar-refractivity contribution is -0.119. The van der Waals surface area contributed by atoms with Crippen LogP contribution in [0.2, 0.25) is 0 Å². The molecule has 2 nitrogen and oxygen atoms in total. The van der Waals surface area contributed by atoms with E-state index in [0.29, 0.717) is 11.7 Å². The molecule has 0 bridgehead atoms. The topological polar surface area (TPSA) is 20.3 Å². The molecule has 0 amide bonds. The van der Waals surface area contributed by atoms with Gasteiger partial charge in [0.1, 0.15) is 5.78 Å². The second kappa shape index (κ2) is 6.18. The van der Waals surface area contributed by atoms with Gasteiger partial charge in [-0.15, -0.1) is 0 Å². The molecule has 0 aliphatic heterocycles. The van der Waals surface area contributed by atoms with Crippen LogP contribution in [-0.2, 0) is 4.79 Å². The molecule has 0 fully saturated rings. The van der Waals surface area contributed by atoms with E-state index in [9.17, 15) is 4.79 Å². The molecule has 0 aliphatic carbocycles. The highest BCUT2D eigenvalue weighted by molar-refractivity contribution is 5.78. The quantitative estimate of drug-likeness (QED) is 0.608. The second-order valence-electron chi connectivity index (χ2n) is 4.04. The Morgan fingerprint density at radius 2 is 1.92 bits per heavy atom. The molecule has 0 atom stereocenters. The van der Waals surface area contributed by atoms with Crippen molar-refractivity contribution in [2.24, 2.45) is 5.92 Å². The van der Waals surface area contributed by atoms with Crippen LogP contribution in [0.4, 0.5) is 0 Å². The van der Waals surface area contributed by atoms with Crippen molar-refractivity contribution in [3.63, 3.8) is 0 Å². The van der Waals surface area contributed by atoms with E-state index in [1.807, 2.05) is 14.1 Å². The Morgan fingerprint density at radius 1 is 1.33 bits per heavy atom. The molecule has 0 unspecified atom stereocenters. The van der Waals surface area contributed by atoms with Gasteiger partial charge < -0.3 is 4.90 Å². The molecule has 2 heteroatoms. The minimum Gasteiger partial charge on any atom is -0.309 e. The lowest BCUT2D eigenvalue weighted by atomic mass is 10.0. The first-order valence-corrected chi connectivity index (χ1v) is 4.68. The molecule has 0 radical (unpaired) electrons. The Morgan fingerprint density at radius 3 is 2.33 bits per heavy atom. The van der Waals surface area contributed by atoms with Crippen molar-refractivity contribution in [1.29, 1.82) is 0 Å². The Labute approximate surface area is 75.9 Å². The van der Waals surface area contributed by atoms with Crippen LogP contribution >= 0.6 is 0 Å². The van der Waals surface area contributed by atoms with Gasteiger partial charge in [0.25, 0.3) is 0 Å². The van der Waals surface area contributed by atoms with Crippen LogP contribution in [0.15, 0.2) is 0 Å². The van der Waals surface area contributed by atoms with Gasteiger partial charge in [0.2, 0.25) is 0 Å². The molecule has 72 valence electrons. The fourth-order valence-corrected chi connectivity index (χ4v) is 1.15. The van der Waals surface area contributed by atoms with Gasteiger partial charge in [-0.3, -0.25) is 4.79 Å². The summed E-state index contributed by atoms with van der Waals surface area (Å²) < 4.78 is 0. The van der Waals surface area contributed by atoms with Crippen molar-refractivity contribution < 1.29 is 4.79 Å². The number of ketones is 1. The molecular formula is C10H21NO. The zero-order chi connectivity index (χ0) is 9.56. The Balaban J connectivity index is 3.32. The van der Waals surface area contributed by atoms with Gasteiger partial charge in [-0.25, -0.2) is 0 Å². The molecule has 0 saturated heterocycles. The van der Waals surface area contributed by atoms with Gasteiger partial charge in [0.15, 0.2) is 0 Å². The Bertz CT molecular complexity index is 130. The number of hydrogen-bond acceptors (Lipinski definition) is 2. The van der Waals surface area contributed by atoms with Gasteiger partial charge in [0, 0.05) is 12.8 Å². The Hall–Kier alpha value is -0.370. The van der Waals surface area contributed by atoms with Crippen molar-refractivity contribution in [3.05, 3.63) is 0 Å². The zero-order valence-electron chi connectivity index (χ0n) is 8.76. The fraction of sp³-hybridized carbons (Fsp3) is 0.900. The first-order valence-electron chi connectivity index (χ1n) is 4.68. The average Bonchev–Trinajstić information content (AvgIpc) is 1.84. The summed E-state index contributed by atoms with van der Waals surface area (Å²) in [5, 5.41) is 0. The minimum absolute atomic E-state index is 0.409. The fourth-order valence-electron chi connectivity index (χ4n) is 1.15. The first-order chi connectivity index (χ1) is 5.52. The molecule has 0 spiro atoms. The molecule has 0 rings (SSSR count). The standard InChI is InChI=1S/C10H21NO/c1-9(2)8-10(12)6-5-7-11(3)4/h9H,5-8H2,1-4H3. The van der Waals surface area contributed by atoms with Crippen LogP contribution < -0.4 is 0 Å². The van der Waals surface area contributed by atoms with Crippen LogP contribution in [0.3, 0.4) is 0 Å². The summed E-state index contributed by atoms with van der Waals surface area (Å²) in [6, 6.07) is 0. The van der Waals surface area contributed by atoms with E-state index in [2.05, 4.69) is 18.7 Å². The van der Waals surface area contributed by atoms with Crippen LogP contribution in [0, 0.1) is 5.92 Å². The van der Waals surface area contributed by atoms with Gasteiger partial charge >= 0.3 is 0 Å². The SMILES string of the molecule is CC(C)CC(=O)CCCN(C)C. The molecule has 0 aromatic heterocycles. The lowest BCUT2D eigenvalue weighted by Gasteiger charge is -2.08. The number of Topliss-reactive ketones (excluding diaryl/α,β-unsaturated/α-hetero) is 1. The molecule has 0 N–H and O–H groups in total. The van der Waals surface area contributed by atoms with Crippen LogP contribution in [0.1, 0.15) is 33.1 Å². The van der Waals surface area contributed by atoms with Crippen LogP contribution in [0.5, 0.6) is 0 Å². The molecule has 0 saturated carbocycles. The van der Waals surface area contributed by atoms with E-state index in [1.165, 1.54) is 0 Å². The van der Waals surface area contributed by atoms with E-state index in [4.69, 9.17) is 0 Å². The lowest BCUT2D eigenvalue weighted by Crippen LogP contribution is -2.14. The third-order valence-corrected chi connectivity index (χ3v) is 1.70. The molecule has 0 aliphatic rings. The van der Waals surface area contributed by atoms with E-state index >= 15 is 0 Å². The van der Waals surface area contributed by atoms with Crippen molar-refractivity contribution in [2.45, 2.75) is 33.1 Å². The zero-order valence-corrected chi connectivity index (χ0v) is 8.76. The van der Waals surface area contributed by atoms with Crippen molar-refractivity contribution >= 4 is 5.78 Å². The maximum absolute atomic E-state index is 11.2. The first kappa shape index (κ1) is 11.6. The smallest absolute Gasteiger partial charge is 0.133 e. The van der Waals surface area contributed by atoms with E-state index in [1.54, 1.807) is 0 Å². The van der Waals surface area contributed by atoms with E-state index in [-0.39, 0.29) is 0 Å². The van der Waals surface area contributed by atoms with Crippen molar-refractivity contribution in [2.75, 3.05) is 20.6 Å². The summed E-state index contributed by atoms with van der Waals surface area (Å²) >= 11 is 0. The highest BCUT2D eigenvalue weighted by atomic mass is 16.1. The Kier molecular flexibility index (Phi) is 5.99. The molecule has 0 aromatic rings. The van der Waals surface area contributed by atoms with Gasteiger partial charge in [-0.1, -0.05) is 13.8 Å². The van der Waals surface area contributed by atoms with Crippen molar-refractivity contribution in [1.82, 2.24) is 4.90 Å². The van der Waals surface area contributed by atoms with Gasteiger partial charge in [0.05, 0.1) is 0 Å². The summed E-state index contributed by atoms with van der Waals surface area (Å²) in [4.78, 5) is 13.3. The predicted molar refractivity (Wildman–Crippen MR) is 52.3 cm³/mol.